The molecule has 1 atom stereocenters. The first-order valence-electron chi connectivity index (χ1n) is 14.7. The Morgan fingerprint density at radius 2 is 1.51 bits per heavy atom. The van der Waals surface area contributed by atoms with E-state index in [-0.39, 0.29) is 11.4 Å². The zero-order chi connectivity index (χ0) is 27.6. The summed E-state index contributed by atoms with van der Waals surface area (Å²) in [5.41, 5.74) is 4.70. The van der Waals surface area contributed by atoms with Crippen molar-refractivity contribution in [3.63, 3.8) is 0 Å². The fraction of sp³-hybridized carbons (Fsp3) is 0.389. The van der Waals surface area contributed by atoms with Crippen molar-refractivity contribution in [3.8, 4) is 22.3 Å². The second-order valence-corrected chi connectivity index (χ2v) is 10.9. The lowest BCUT2D eigenvalue weighted by Gasteiger charge is -2.22. The summed E-state index contributed by atoms with van der Waals surface area (Å²) in [4.78, 5) is 0. The highest BCUT2D eigenvalue weighted by molar-refractivity contribution is 5.74. The summed E-state index contributed by atoms with van der Waals surface area (Å²) in [6, 6.07) is 16.0. The molecule has 4 rings (SSSR count). The lowest BCUT2D eigenvalue weighted by Crippen LogP contribution is -2.06. The third-order valence-corrected chi connectivity index (χ3v) is 8.05. The normalized spacial score (nSPS) is 15.6. The summed E-state index contributed by atoms with van der Waals surface area (Å²) >= 11 is 0. The minimum atomic E-state index is -0.797. The van der Waals surface area contributed by atoms with Crippen LogP contribution in [0.5, 0.6) is 0 Å². The fourth-order valence-corrected chi connectivity index (χ4v) is 5.62. The van der Waals surface area contributed by atoms with Crippen molar-refractivity contribution in [2.45, 2.75) is 84.5 Å². The van der Waals surface area contributed by atoms with E-state index >= 15 is 4.39 Å². The van der Waals surface area contributed by atoms with Gasteiger partial charge in [0, 0.05) is 11.1 Å². The number of allylic oxidation sites excluding steroid dienone is 4. The number of benzene rings is 3. The molecule has 0 heterocycles. The number of unbranched alkanes of at least 4 members (excludes halogenated alkanes) is 4. The second kappa shape index (κ2) is 14.4. The molecule has 0 spiro atoms. The summed E-state index contributed by atoms with van der Waals surface area (Å²) in [6.07, 6.45) is 17.8. The number of rotatable bonds is 12. The van der Waals surface area contributed by atoms with Gasteiger partial charge in [0.2, 0.25) is 0 Å². The van der Waals surface area contributed by atoms with Crippen LogP contribution < -0.4 is 0 Å². The molecular formula is C36H41F3. The fourth-order valence-electron chi connectivity index (χ4n) is 5.62. The highest BCUT2D eigenvalue weighted by Gasteiger charge is 2.18. The first kappa shape index (κ1) is 28.9. The van der Waals surface area contributed by atoms with Gasteiger partial charge in [-0.15, -0.1) is 0 Å². The van der Waals surface area contributed by atoms with Crippen LogP contribution in [0.25, 0.3) is 27.8 Å². The Hall–Kier alpha value is -3.07. The Morgan fingerprint density at radius 3 is 2.21 bits per heavy atom. The van der Waals surface area contributed by atoms with Crippen molar-refractivity contribution in [2.75, 3.05) is 0 Å². The smallest absolute Gasteiger partial charge is 0.166 e. The van der Waals surface area contributed by atoms with Crippen LogP contribution in [0.15, 0.2) is 72.8 Å². The molecule has 39 heavy (non-hydrogen) atoms. The number of hydrogen-bond donors (Lipinski definition) is 0. The van der Waals surface area contributed by atoms with Gasteiger partial charge in [-0.2, -0.15) is 0 Å². The average Bonchev–Trinajstić information content (AvgIpc) is 2.96. The highest BCUT2D eigenvalue weighted by Crippen LogP contribution is 2.35. The van der Waals surface area contributed by atoms with E-state index in [0.717, 1.165) is 68.1 Å². The van der Waals surface area contributed by atoms with Crippen molar-refractivity contribution >= 4 is 5.57 Å². The Morgan fingerprint density at radius 1 is 0.795 bits per heavy atom. The molecule has 0 amide bonds. The van der Waals surface area contributed by atoms with E-state index in [2.05, 4.69) is 32.1 Å². The van der Waals surface area contributed by atoms with E-state index in [1.165, 1.54) is 12.8 Å². The van der Waals surface area contributed by atoms with E-state index in [9.17, 15) is 8.78 Å². The van der Waals surface area contributed by atoms with Crippen LogP contribution in [0.2, 0.25) is 0 Å². The molecule has 0 N–H and O–H groups in total. The van der Waals surface area contributed by atoms with E-state index in [1.54, 1.807) is 30.3 Å². The Balaban J connectivity index is 1.42. The van der Waals surface area contributed by atoms with Crippen molar-refractivity contribution in [1.82, 2.24) is 0 Å². The minimum Gasteiger partial charge on any atom is -0.206 e. The summed E-state index contributed by atoms with van der Waals surface area (Å²) in [5.74, 6) is -1.08. The number of halogens is 3. The van der Waals surface area contributed by atoms with Crippen molar-refractivity contribution < 1.29 is 13.2 Å². The summed E-state index contributed by atoms with van der Waals surface area (Å²) < 4.78 is 44.9. The van der Waals surface area contributed by atoms with E-state index < -0.39 is 11.6 Å². The van der Waals surface area contributed by atoms with Gasteiger partial charge < -0.3 is 0 Å². The van der Waals surface area contributed by atoms with E-state index in [4.69, 9.17) is 0 Å². The van der Waals surface area contributed by atoms with Gasteiger partial charge in [0.05, 0.1) is 0 Å². The number of aryl methyl sites for hydroxylation is 1. The second-order valence-electron chi connectivity index (χ2n) is 10.9. The third-order valence-electron chi connectivity index (χ3n) is 8.05. The maximum Gasteiger partial charge on any atom is 0.166 e. The lowest BCUT2D eigenvalue weighted by molar-refractivity contribution is 0.453. The topological polar surface area (TPSA) is 0 Å². The van der Waals surface area contributed by atoms with Crippen LogP contribution >= 0.6 is 0 Å². The van der Waals surface area contributed by atoms with Crippen molar-refractivity contribution in [3.05, 3.63) is 101 Å². The Bertz CT molecular complexity index is 1280. The lowest BCUT2D eigenvalue weighted by atomic mass is 9.84. The molecule has 1 aliphatic rings. The van der Waals surface area contributed by atoms with Crippen LogP contribution in [-0.2, 0) is 6.42 Å². The van der Waals surface area contributed by atoms with Gasteiger partial charge >= 0.3 is 0 Å². The van der Waals surface area contributed by atoms with E-state index in [0.29, 0.717) is 29.0 Å². The van der Waals surface area contributed by atoms with Crippen LogP contribution in [0.3, 0.4) is 0 Å². The molecule has 0 fully saturated rings. The van der Waals surface area contributed by atoms with Crippen molar-refractivity contribution in [1.29, 1.82) is 0 Å². The Labute approximate surface area is 232 Å². The van der Waals surface area contributed by atoms with Gasteiger partial charge in [-0.05, 0) is 91.7 Å². The molecule has 0 aromatic heterocycles. The zero-order valence-electron chi connectivity index (χ0n) is 23.4. The standard InChI is InChI=1S/C36H41F3/c1-3-5-7-8-10-12-30-21-24-33(36(39)35(30)38)29-19-17-27(18-20-29)31-22-23-32(34(37)25-31)28-15-13-26(14-16-28)11-9-6-4-2/h4,6,15,17-26H,3,5,7-14,16H2,1-2H3/b6-4+. The minimum absolute atomic E-state index is 0.214. The predicted octanol–water partition coefficient (Wildman–Crippen LogP) is 11.5. The van der Waals surface area contributed by atoms with Crippen LogP contribution in [0.4, 0.5) is 13.2 Å². The van der Waals surface area contributed by atoms with Crippen LogP contribution in [-0.4, -0.2) is 0 Å². The van der Waals surface area contributed by atoms with Gasteiger partial charge in [-0.3, -0.25) is 0 Å². The van der Waals surface area contributed by atoms with E-state index in [1.807, 2.05) is 24.3 Å². The molecule has 1 aliphatic carbocycles. The zero-order valence-corrected chi connectivity index (χ0v) is 23.4. The molecule has 0 bridgehead atoms. The SMILES string of the molecule is C/C=C/CCC1CC=C(c2ccc(-c3ccc(-c4ccc(CCCCCCC)c(F)c4F)cc3)cc2F)CC1. The monoisotopic (exact) mass is 530 g/mol. The third kappa shape index (κ3) is 7.53. The summed E-state index contributed by atoms with van der Waals surface area (Å²) in [6.45, 7) is 4.21. The quantitative estimate of drug-likeness (QED) is 0.161. The average molecular weight is 531 g/mol. The molecule has 0 saturated heterocycles. The summed E-state index contributed by atoms with van der Waals surface area (Å²) in [5, 5.41) is 0. The molecule has 0 aliphatic heterocycles. The largest absolute Gasteiger partial charge is 0.206 e. The molecule has 206 valence electrons. The molecule has 0 radical (unpaired) electrons. The first-order chi connectivity index (χ1) is 19.0. The molecule has 1 unspecified atom stereocenters. The predicted molar refractivity (Wildman–Crippen MR) is 159 cm³/mol. The van der Waals surface area contributed by atoms with Crippen LogP contribution in [0, 0.1) is 23.4 Å². The Kier molecular flexibility index (Phi) is 10.6. The highest BCUT2D eigenvalue weighted by atomic mass is 19.2. The van der Waals surface area contributed by atoms with Gasteiger partial charge in [0.25, 0.3) is 0 Å². The maximum atomic E-state index is 15.2. The molecular weight excluding hydrogens is 489 g/mol. The molecule has 3 aromatic carbocycles. The van der Waals surface area contributed by atoms with Gasteiger partial charge in [0.1, 0.15) is 5.82 Å². The van der Waals surface area contributed by atoms with Crippen LogP contribution in [0.1, 0.15) is 89.2 Å². The van der Waals surface area contributed by atoms with Crippen molar-refractivity contribution in [2.24, 2.45) is 5.92 Å². The first-order valence-corrected chi connectivity index (χ1v) is 14.7. The molecule has 3 aromatic rings. The molecule has 3 heteroatoms. The van der Waals surface area contributed by atoms with Gasteiger partial charge in [-0.25, -0.2) is 13.2 Å². The molecule has 0 saturated carbocycles. The maximum absolute atomic E-state index is 15.2. The summed E-state index contributed by atoms with van der Waals surface area (Å²) in [7, 11) is 0. The van der Waals surface area contributed by atoms with Gasteiger partial charge in [-0.1, -0.05) is 99.4 Å². The van der Waals surface area contributed by atoms with Gasteiger partial charge in [0.15, 0.2) is 11.6 Å². The number of hydrogen-bond acceptors (Lipinski definition) is 0. The molecule has 0 nitrogen and oxygen atoms in total.